The summed E-state index contributed by atoms with van der Waals surface area (Å²) in [6.07, 6.45) is 4.78. The second-order valence-corrected chi connectivity index (χ2v) is 6.05. The zero-order valence-electron chi connectivity index (χ0n) is 10.1. The fourth-order valence-electron chi connectivity index (χ4n) is 1.15. The Kier molecular flexibility index (Phi) is 7.94. The fraction of sp³-hybridized carbons (Fsp3) is 1.00. The van der Waals surface area contributed by atoms with Crippen molar-refractivity contribution in [3.8, 4) is 0 Å². The molecule has 1 atom stereocenters. The number of ether oxygens (including phenoxy) is 1. The lowest BCUT2D eigenvalue weighted by atomic mass is 9.90. The first kappa shape index (κ1) is 14.4. The van der Waals surface area contributed by atoms with Crippen LogP contribution in [0.2, 0.25) is 0 Å². The van der Waals surface area contributed by atoms with Gasteiger partial charge in [0.15, 0.2) is 0 Å². The second-order valence-electron chi connectivity index (χ2n) is 4.94. The average Bonchev–Trinajstić information content (AvgIpc) is 2.09. The van der Waals surface area contributed by atoms with Crippen LogP contribution in [0.5, 0.6) is 0 Å². The third-order valence-corrected chi connectivity index (χ3v) is 4.16. The van der Waals surface area contributed by atoms with Crippen molar-refractivity contribution in [1.82, 2.24) is 0 Å². The van der Waals surface area contributed by atoms with Crippen molar-refractivity contribution < 1.29 is 4.74 Å². The van der Waals surface area contributed by atoms with E-state index in [9.17, 15) is 0 Å². The molecule has 1 nitrogen and oxygen atoms in total. The summed E-state index contributed by atoms with van der Waals surface area (Å²) in [5.74, 6) is 0. The van der Waals surface area contributed by atoms with Crippen molar-refractivity contribution in [2.75, 3.05) is 13.2 Å². The number of hydrogen-bond acceptors (Lipinski definition) is 1. The highest BCUT2D eigenvalue weighted by Crippen LogP contribution is 2.29. The minimum Gasteiger partial charge on any atom is -0.381 e. The van der Waals surface area contributed by atoms with Crippen LogP contribution in [0.15, 0.2) is 0 Å². The van der Waals surface area contributed by atoms with Crippen molar-refractivity contribution in [1.29, 1.82) is 0 Å². The highest BCUT2D eigenvalue weighted by atomic mass is 79.9. The van der Waals surface area contributed by atoms with Crippen molar-refractivity contribution in [2.24, 2.45) is 5.41 Å². The van der Waals surface area contributed by atoms with Gasteiger partial charge in [0.1, 0.15) is 0 Å². The fourth-order valence-corrected chi connectivity index (χ4v) is 1.47. The molecule has 0 radical (unpaired) electrons. The minimum absolute atomic E-state index is 0.365. The van der Waals surface area contributed by atoms with E-state index >= 15 is 0 Å². The summed E-state index contributed by atoms with van der Waals surface area (Å²) in [4.78, 5) is 0.602. The molecule has 0 aliphatic carbocycles. The number of alkyl halides is 1. The van der Waals surface area contributed by atoms with Gasteiger partial charge in [0.05, 0.1) is 0 Å². The molecule has 86 valence electrons. The number of hydrogen-bond donors (Lipinski definition) is 0. The first-order valence-electron chi connectivity index (χ1n) is 5.70. The van der Waals surface area contributed by atoms with E-state index < -0.39 is 0 Å². The molecule has 0 bridgehead atoms. The van der Waals surface area contributed by atoms with E-state index in [-0.39, 0.29) is 0 Å². The Morgan fingerprint density at radius 1 is 1.14 bits per heavy atom. The van der Waals surface area contributed by atoms with Gasteiger partial charge >= 0.3 is 0 Å². The van der Waals surface area contributed by atoms with Crippen LogP contribution in [0, 0.1) is 5.41 Å². The quantitative estimate of drug-likeness (QED) is 0.490. The first-order chi connectivity index (χ1) is 6.48. The monoisotopic (exact) mass is 264 g/mol. The van der Waals surface area contributed by atoms with E-state index in [0.717, 1.165) is 19.6 Å². The molecule has 14 heavy (non-hydrogen) atoms. The standard InChI is InChI=1S/C12H25BrO/c1-5-6-9-14-10-7-8-11(13)12(2,3)4/h11H,5-10H2,1-4H3. The summed E-state index contributed by atoms with van der Waals surface area (Å²) in [5.41, 5.74) is 0.365. The SMILES string of the molecule is CCCCOCCCC(Br)C(C)(C)C. The van der Waals surface area contributed by atoms with E-state index in [4.69, 9.17) is 4.74 Å². The predicted molar refractivity (Wildman–Crippen MR) is 67.1 cm³/mol. The predicted octanol–water partition coefficient (Wildman–Crippen LogP) is 4.39. The van der Waals surface area contributed by atoms with Crippen LogP contribution in [-0.4, -0.2) is 18.0 Å². The van der Waals surface area contributed by atoms with Crippen molar-refractivity contribution in [3.63, 3.8) is 0 Å². The maximum Gasteiger partial charge on any atom is 0.0466 e. The maximum absolute atomic E-state index is 5.52. The van der Waals surface area contributed by atoms with Gasteiger partial charge in [-0.2, -0.15) is 0 Å². The van der Waals surface area contributed by atoms with Crippen LogP contribution in [0.3, 0.4) is 0 Å². The number of rotatable bonds is 7. The molecule has 0 spiro atoms. The molecule has 0 rings (SSSR count). The largest absolute Gasteiger partial charge is 0.381 e. The minimum atomic E-state index is 0.365. The van der Waals surface area contributed by atoms with Gasteiger partial charge in [-0.1, -0.05) is 50.0 Å². The summed E-state index contributed by atoms with van der Waals surface area (Å²) in [5, 5.41) is 0. The Bertz CT molecular complexity index is 129. The van der Waals surface area contributed by atoms with Gasteiger partial charge in [0.25, 0.3) is 0 Å². The van der Waals surface area contributed by atoms with Gasteiger partial charge in [-0.25, -0.2) is 0 Å². The zero-order valence-corrected chi connectivity index (χ0v) is 11.7. The molecule has 0 aromatic carbocycles. The molecular formula is C12H25BrO. The normalized spacial score (nSPS) is 14.4. The maximum atomic E-state index is 5.52. The van der Waals surface area contributed by atoms with Gasteiger partial charge < -0.3 is 4.74 Å². The van der Waals surface area contributed by atoms with E-state index in [1.807, 2.05) is 0 Å². The molecule has 0 amide bonds. The van der Waals surface area contributed by atoms with E-state index in [1.165, 1.54) is 19.3 Å². The molecule has 2 heteroatoms. The Labute approximate surface area is 97.7 Å². The smallest absolute Gasteiger partial charge is 0.0466 e. The molecule has 0 heterocycles. The molecule has 0 aliphatic heterocycles. The summed E-state index contributed by atoms with van der Waals surface area (Å²) in [7, 11) is 0. The Hall–Kier alpha value is 0.440. The lowest BCUT2D eigenvalue weighted by Gasteiger charge is -2.25. The summed E-state index contributed by atoms with van der Waals surface area (Å²) in [6.45, 7) is 10.8. The van der Waals surface area contributed by atoms with Crippen LogP contribution < -0.4 is 0 Å². The topological polar surface area (TPSA) is 9.23 Å². The summed E-state index contributed by atoms with van der Waals surface area (Å²) in [6, 6.07) is 0. The lowest BCUT2D eigenvalue weighted by Crippen LogP contribution is -2.20. The van der Waals surface area contributed by atoms with Crippen LogP contribution in [0.25, 0.3) is 0 Å². The molecular weight excluding hydrogens is 240 g/mol. The Morgan fingerprint density at radius 2 is 1.71 bits per heavy atom. The lowest BCUT2D eigenvalue weighted by molar-refractivity contribution is 0.125. The second kappa shape index (κ2) is 7.70. The first-order valence-corrected chi connectivity index (χ1v) is 6.62. The van der Waals surface area contributed by atoms with Gasteiger partial charge in [-0.15, -0.1) is 0 Å². The number of unbranched alkanes of at least 4 members (excludes halogenated alkanes) is 1. The molecule has 0 saturated heterocycles. The van der Waals surface area contributed by atoms with Crippen LogP contribution >= 0.6 is 15.9 Å². The van der Waals surface area contributed by atoms with E-state index in [0.29, 0.717) is 10.2 Å². The average molecular weight is 265 g/mol. The Morgan fingerprint density at radius 3 is 2.21 bits per heavy atom. The van der Waals surface area contributed by atoms with Crippen LogP contribution in [0.4, 0.5) is 0 Å². The van der Waals surface area contributed by atoms with E-state index in [1.54, 1.807) is 0 Å². The molecule has 0 aliphatic rings. The third kappa shape index (κ3) is 7.81. The Balaban J connectivity index is 3.28. The van der Waals surface area contributed by atoms with Crippen LogP contribution in [-0.2, 0) is 4.74 Å². The summed E-state index contributed by atoms with van der Waals surface area (Å²) >= 11 is 3.73. The number of halogens is 1. The molecule has 0 aromatic rings. The van der Waals surface area contributed by atoms with Crippen molar-refractivity contribution >= 4 is 15.9 Å². The van der Waals surface area contributed by atoms with Crippen molar-refractivity contribution in [3.05, 3.63) is 0 Å². The molecule has 1 unspecified atom stereocenters. The molecule has 0 N–H and O–H groups in total. The van der Waals surface area contributed by atoms with Gasteiger partial charge in [0.2, 0.25) is 0 Å². The van der Waals surface area contributed by atoms with Gasteiger partial charge in [0, 0.05) is 18.0 Å². The zero-order chi connectivity index (χ0) is 11.0. The molecule has 0 fully saturated rings. The molecule has 0 saturated carbocycles. The molecule has 0 aromatic heterocycles. The highest BCUT2D eigenvalue weighted by molar-refractivity contribution is 9.09. The summed E-state index contributed by atoms with van der Waals surface area (Å²) < 4.78 is 5.52. The van der Waals surface area contributed by atoms with Gasteiger partial charge in [-0.05, 0) is 24.7 Å². The highest BCUT2D eigenvalue weighted by Gasteiger charge is 2.20. The van der Waals surface area contributed by atoms with Crippen molar-refractivity contribution in [2.45, 2.75) is 58.2 Å². The third-order valence-electron chi connectivity index (χ3n) is 2.33. The van der Waals surface area contributed by atoms with Crippen LogP contribution in [0.1, 0.15) is 53.4 Å². The van der Waals surface area contributed by atoms with E-state index in [2.05, 4.69) is 43.6 Å². The van der Waals surface area contributed by atoms with Gasteiger partial charge in [-0.3, -0.25) is 0 Å².